The van der Waals surface area contributed by atoms with Gasteiger partial charge >= 0.3 is 11.9 Å². The van der Waals surface area contributed by atoms with Crippen LogP contribution in [0.5, 0.6) is 11.5 Å². The van der Waals surface area contributed by atoms with E-state index in [2.05, 4.69) is 5.32 Å². The van der Waals surface area contributed by atoms with Gasteiger partial charge in [-0.3, -0.25) is 0 Å². The Morgan fingerprint density at radius 2 is 1.27 bits per heavy atom. The molecule has 0 saturated carbocycles. The first-order chi connectivity index (χ1) is 24.0. The molecule has 0 radical (unpaired) electrons. The van der Waals surface area contributed by atoms with Gasteiger partial charge in [0.1, 0.15) is 26.4 Å². The number of ether oxygens (including phenoxy) is 4. The number of hydrogen-bond acceptors (Lipinski definition) is 8. The van der Waals surface area contributed by atoms with Gasteiger partial charge < -0.3 is 24.3 Å². The van der Waals surface area contributed by atoms with E-state index in [1.165, 1.54) is 0 Å². The molecule has 2 aliphatic heterocycles. The van der Waals surface area contributed by atoms with Crippen molar-refractivity contribution in [1.82, 2.24) is 15.1 Å². The van der Waals surface area contributed by atoms with Crippen LogP contribution in [-0.2, 0) is 32.3 Å². The summed E-state index contributed by atoms with van der Waals surface area (Å²) in [5.41, 5.74) is 6.14. The number of carbonyl (C=O) groups excluding carboxylic acids is 2. The molecule has 0 fully saturated rings. The second-order valence-electron chi connectivity index (χ2n) is 11.8. The average Bonchev–Trinajstić information content (AvgIpc) is 3.59. The van der Waals surface area contributed by atoms with Gasteiger partial charge in [0.15, 0.2) is 11.5 Å². The third-order valence-corrected chi connectivity index (χ3v) is 8.52. The van der Waals surface area contributed by atoms with Crippen LogP contribution < -0.4 is 14.8 Å². The first kappa shape index (κ1) is 31.5. The number of para-hydroxylation sites is 1. The Morgan fingerprint density at radius 1 is 0.735 bits per heavy atom. The van der Waals surface area contributed by atoms with E-state index in [0.717, 1.165) is 22.4 Å². The van der Waals surface area contributed by atoms with E-state index in [-0.39, 0.29) is 13.2 Å². The number of nitrogens with one attached hydrogen (secondary N) is 1. The zero-order chi connectivity index (χ0) is 33.7. The largest absolute Gasteiger partial charge is 0.486 e. The maximum atomic E-state index is 14.2. The number of fused-ring (bicyclic) bond motifs is 1. The van der Waals surface area contributed by atoms with Crippen molar-refractivity contribution >= 4 is 11.9 Å². The summed E-state index contributed by atoms with van der Waals surface area (Å²) in [4.78, 5) is 28.4. The van der Waals surface area contributed by atoms with Gasteiger partial charge in [0.25, 0.3) is 0 Å². The van der Waals surface area contributed by atoms with Crippen LogP contribution in [0.2, 0.25) is 0 Å². The molecule has 7 rings (SSSR count). The highest BCUT2D eigenvalue weighted by Crippen LogP contribution is 2.44. The topological polar surface area (TPSA) is 101 Å². The van der Waals surface area contributed by atoms with Gasteiger partial charge in [-0.1, -0.05) is 78.9 Å². The average molecular weight is 654 g/mol. The summed E-state index contributed by atoms with van der Waals surface area (Å²) < 4.78 is 25.3. The molecule has 0 atom stereocenters. The Morgan fingerprint density at radius 3 is 1.84 bits per heavy atom. The molecule has 0 unspecified atom stereocenters. The molecule has 0 aliphatic carbocycles. The number of esters is 2. The molecule has 246 valence electrons. The lowest BCUT2D eigenvalue weighted by Gasteiger charge is -2.30. The van der Waals surface area contributed by atoms with Crippen molar-refractivity contribution in [3.63, 3.8) is 0 Å². The van der Waals surface area contributed by atoms with Crippen molar-refractivity contribution < 1.29 is 28.5 Å². The summed E-state index contributed by atoms with van der Waals surface area (Å²) >= 11 is 0. The Bertz CT molecular complexity index is 1970. The van der Waals surface area contributed by atoms with Crippen LogP contribution in [0.15, 0.2) is 138 Å². The third-order valence-electron chi connectivity index (χ3n) is 8.52. The van der Waals surface area contributed by atoms with Gasteiger partial charge in [-0.05, 0) is 55.3 Å². The summed E-state index contributed by atoms with van der Waals surface area (Å²) in [6.07, 6.45) is 1.87. The lowest BCUT2D eigenvalue weighted by molar-refractivity contribution is -0.141. The number of benzene rings is 4. The van der Waals surface area contributed by atoms with Crippen molar-refractivity contribution in [2.24, 2.45) is 0 Å². The number of hydrogen-bond donors (Lipinski definition) is 1. The molecule has 2 aliphatic rings. The second kappa shape index (κ2) is 13.9. The molecule has 1 aromatic heterocycles. The first-order valence-electron chi connectivity index (χ1n) is 16.1. The Balaban J connectivity index is 1.36. The van der Waals surface area contributed by atoms with Crippen molar-refractivity contribution in [1.29, 1.82) is 0 Å². The molecular formula is C40H35N3O6. The van der Waals surface area contributed by atoms with Crippen LogP contribution in [-0.4, -0.2) is 34.9 Å². The molecule has 3 heterocycles. The van der Waals surface area contributed by atoms with Gasteiger partial charge in [0, 0.05) is 28.7 Å². The third kappa shape index (κ3) is 6.69. The minimum absolute atomic E-state index is 0.0674. The molecule has 9 nitrogen and oxygen atoms in total. The minimum Gasteiger partial charge on any atom is -0.486 e. The predicted octanol–water partition coefficient (Wildman–Crippen LogP) is 7.03. The molecule has 0 spiro atoms. The van der Waals surface area contributed by atoms with Crippen molar-refractivity contribution in [3.8, 4) is 28.4 Å². The van der Waals surface area contributed by atoms with Gasteiger partial charge in [-0.15, -0.1) is 0 Å². The molecule has 4 aromatic carbocycles. The highest BCUT2D eigenvalue weighted by atomic mass is 16.6. The maximum Gasteiger partial charge on any atom is 0.337 e. The van der Waals surface area contributed by atoms with Crippen LogP contribution in [0.25, 0.3) is 16.9 Å². The van der Waals surface area contributed by atoms with E-state index in [4.69, 9.17) is 24.0 Å². The van der Waals surface area contributed by atoms with Crippen LogP contribution in [0, 0.1) is 0 Å². The molecule has 9 heteroatoms. The van der Waals surface area contributed by atoms with E-state index in [0.29, 0.717) is 58.5 Å². The van der Waals surface area contributed by atoms with Crippen LogP contribution in [0.3, 0.4) is 0 Å². The van der Waals surface area contributed by atoms with Crippen molar-refractivity contribution in [3.05, 3.63) is 155 Å². The zero-order valence-corrected chi connectivity index (χ0v) is 27.2. The summed E-state index contributed by atoms with van der Waals surface area (Å²) in [5.74, 6) is -0.755. The first-order valence-corrected chi connectivity index (χ1v) is 16.1. The summed E-state index contributed by atoms with van der Waals surface area (Å²) in [6.45, 7) is 4.65. The van der Waals surface area contributed by atoms with E-state index in [1.807, 2.05) is 129 Å². The smallest absolute Gasteiger partial charge is 0.337 e. The van der Waals surface area contributed by atoms with Gasteiger partial charge in [-0.2, -0.15) is 5.10 Å². The number of dihydropyridines is 1. The minimum atomic E-state index is -0.881. The molecule has 5 aromatic rings. The second-order valence-corrected chi connectivity index (χ2v) is 11.8. The highest BCUT2D eigenvalue weighted by molar-refractivity contribution is 6.00. The number of rotatable bonds is 9. The molecule has 1 N–H and O–H groups in total. The molecular weight excluding hydrogens is 618 g/mol. The van der Waals surface area contributed by atoms with Crippen molar-refractivity contribution in [2.75, 3.05) is 13.2 Å². The summed E-state index contributed by atoms with van der Waals surface area (Å²) in [6, 6.07) is 34.3. The maximum absolute atomic E-state index is 14.2. The normalized spacial score (nSPS) is 14.3. The van der Waals surface area contributed by atoms with E-state index in [9.17, 15) is 9.59 Å². The lowest BCUT2D eigenvalue weighted by Crippen LogP contribution is -2.32. The standard InChI is InChI=1S/C40H35N3O6/c1-26-35(39(44)48-24-28-12-6-3-7-13-28)37(36(27(2)41-26)40(45)49-25-29-14-8-4-9-15-29)32-23-43(31-16-10-5-11-17-31)42-38(32)30-18-19-33-34(22-30)47-21-20-46-33/h3-19,22-23,37,41H,20-21,24-25H2,1-2H3. The van der Waals surface area contributed by atoms with Crippen molar-refractivity contribution in [2.45, 2.75) is 33.0 Å². The number of aromatic nitrogens is 2. The van der Waals surface area contributed by atoms with Gasteiger partial charge in [0.05, 0.1) is 28.4 Å². The highest BCUT2D eigenvalue weighted by Gasteiger charge is 2.40. The fraction of sp³-hybridized carbons (Fsp3) is 0.175. The Hall–Kier alpha value is -6.09. The number of nitrogens with zero attached hydrogens (tertiary/aromatic N) is 2. The molecule has 49 heavy (non-hydrogen) atoms. The van der Waals surface area contributed by atoms with E-state index < -0.39 is 17.9 Å². The van der Waals surface area contributed by atoms with Crippen LogP contribution in [0.1, 0.15) is 36.5 Å². The van der Waals surface area contributed by atoms with E-state index >= 15 is 0 Å². The van der Waals surface area contributed by atoms with E-state index in [1.54, 1.807) is 4.68 Å². The fourth-order valence-corrected chi connectivity index (χ4v) is 6.17. The van der Waals surface area contributed by atoms with Gasteiger partial charge in [-0.25, -0.2) is 14.3 Å². The van der Waals surface area contributed by atoms with Gasteiger partial charge in [0.2, 0.25) is 0 Å². The number of carbonyl (C=O) groups is 2. The molecule has 0 saturated heterocycles. The predicted molar refractivity (Wildman–Crippen MR) is 184 cm³/mol. The fourth-order valence-electron chi connectivity index (χ4n) is 6.17. The quantitative estimate of drug-likeness (QED) is 0.169. The summed E-state index contributed by atoms with van der Waals surface area (Å²) in [5, 5.41) is 8.32. The summed E-state index contributed by atoms with van der Waals surface area (Å²) in [7, 11) is 0. The monoisotopic (exact) mass is 653 g/mol. The van der Waals surface area contributed by atoms with Crippen LogP contribution >= 0.6 is 0 Å². The van der Waals surface area contributed by atoms with Crippen LogP contribution in [0.4, 0.5) is 0 Å². The molecule has 0 amide bonds. The number of allylic oxidation sites excluding steroid dienone is 2. The SMILES string of the molecule is CC1=C(C(=O)OCc2ccccc2)C(c2cn(-c3ccccc3)nc2-c2ccc3c(c2)OCCO3)C(C(=O)OCc2ccccc2)=C(C)N1. The lowest BCUT2D eigenvalue weighted by atomic mass is 9.79. The molecule has 0 bridgehead atoms. The Labute approximate surface area is 284 Å². The Kier molecular flexibility index (Phi) is 8.97. The zero-order valence-electron chi connectivity index (χ0n) is 27.2.